The first kappa shape index (κ1) is 38.4. The van der Waals surface area contributed by atoms with Crippen LogP contribution in [0.5, 0.6) is 5.75 Å². The van der Waals surface area contributed by atoms with Crippen molar-refractivity contribution >= 4 is 10.8 Å². The Balaban J connectivity index is 1.27. The molecule has 0 aliphatic carbocycles. The predicted molar refractivity (Wildman–Crippen MR) is 251 cm³/mol. The molecule has 0 atom stereocenters. The van der Waals surface area contributed by atoms with Gasteiger partial charge in [-0.05, 0) is 115 Å². The van der Waals surface area contributed by atoms with Crippen molar-refractivity contribution in [3.63, 3.8) is 0 Å². The quantitative estimate of drug-likeness (QED) is 0.167. The van der Waals surface area contributed by atoms with E-state index in [-0.39, 0.29) is 16.6 Å². The summed E-state index contributed by atoms with van der Waals surface area (Å²) in [5.74, 6) is 0.214. The molecule has 0 fully saturated rings. The topological polar surface area (TPSA) is 46.0 Å². The lowest BCUT2D eigenvalue weighted by molar-refractivity contribution is 0.473. The molecule has 0 amide bonds. The number of pyridine rings is 2. The van der Waals surface area contributed by atoms with Gasteiger partial charge in [0.25, 0.3) is 0 Å². The molecule has 9 aromatic rings. The van der Waals surface area contributed by atoms with Crippen LogP contribution in [0.1, 0.15) is 51.3 Å². The van der Waals surface area contributed by atoms with Crippen molar-refractivity contribution < 1.29 is 5.11 Å². The molecule has 0 radical (unpaired) electrons. The van der Waals surface area contributed by atoms with E-state index in [0.717, 1.165) is 72.4 Å². The molecule has 0 spiro atoms. The van der Waals surface area contributed by atoms with Crippen LogP contribution in [-0.2, 0) is 10.8 Å². The number of fused-ring (bicyclic) bond motifs is 1. The molecule has 0 bridgehead atoms. The third kappa shape index (κ3) is 7.51. The number of phenolic OH excluding ortho intramolecular Hbond substituents is 1. The lowest BCUT2D eigenvalue weighted by atomic mass is 9.75. The van der Waals surface area contributed by atoms with Gasteiger partial charge in [0.15, 0.2) is 0 Å². The Morgan fingerprint density at radius 3 is 1.70 bits per heavy atom. The SMILES string of the molecule is CC(C)(C)c1ccc(-c2cc(-c3cccc4ccccc34)cc(-c3cc(-c4ccccc4)cc(-c4cc(-c5ccccc5)c(C(C)(C)c5ccccc5)cn4)c3)n2)c(O)c1. The molecule has 2 aromatic heterocycles. The summed E-state index contributed by atoms with van der Waals surface area (Å²) in [6.45, 7) is 11.0. The van der Waals surface area contributed by atoms with Crippen molar-refractivity contribution in [2.75, 3.05) is 0 Å². The second kappa shape index (κ2) is 15.6. The zero-order valence-electron chi connectivity index (χ0n) is 34.8. The highest BCUT2D eigenvalue weighted by Crippen LogP contribution is 2.42. The van der Waals surface area contributed by atoms with Crippen LogP contribution in [0.25, 0.3) is 77.9 Å². The zero-order chi connectivity index (χ0) is 41.4. The van der Waals surface area contributed by atoms with Crippen LogP contribution >= 0.6 is 0 Å². The molecule has 292 valence electrons. The van der Waals surface area contributed by atoms with Gasteiger partial charge in [-0.1, -0.05) is 174 Å². The average molecular weight is 777 g/mol. The number of hydrogen-bond donors (Lipinski definition) is 1. The number of aromatic nitrogens is 2. The number of nitrogens with zero attached hydrogens (tertiary/aromatic N) is 2. The van der Waals surface area contributed by atoms with Gasteiger partial charge in [0.05, 0.1) is 17.1 Å². The van der Waals surface area contributed by atoms with Crippen molar-refractivity contribution in [1.82, 2.24) is 9.97 Å². The van der Waals surface area contributed by atoms with Crippen LogP contribution in [0, 0.1) is 0 Å². The van der Waals surface area contributed by atoms with Crippen LogP contribution in [0.15, 0.2) is 194 Å². The maximum Gasteiger partial charge on any atom is 0.125 e. The predicted octanol–water partition coefficient (Wildman–Crippen LogP) is 15.0. The van der Waals surface area contributed by atoms with E-state index in [1.54, 1.807) is 0 Å². The highest BCUT2D eigenvalue weighted by molar-refractivity contribution is 5.98. The molecule has 9 rings (SSSR count). The van der Waals surface area contributed by atoms with Crippen LogP contribution in [-0.4, -0.2) is 15.1 Å². The van der Waals surface area contributed by atoms with Crippen molar-refractivity contribution in [3.05, 3.63) is 211 Å². The van der Waals surface area contributed by atoms with Crippen molar-refractivity contribution in [2.45, 2.75) is 45.4 Å². The average Bonchev–Trinajstić information content (AvgIpc) is 3.29. The van der Waals surface area contributed by atoms with Gasteiger partial charge in [0.2, 0.25) is 0 Å². The summed E-state index contributed by atoms with van der Waals surface area (Å²) in [5, 5.41) is 13.9. The molecule has 0 saturated heterocycles. The van der Waals surface area contributed by atoms with Gasteiger partial charge in [-0.2, -0.15) is 0 Å². The first-order valence-electron chi connectivity index (χ1n) is 20.7. The maximum absolute atomic E-state index is 11.6. The molecule has 7 aromatic carbocycles. The normalized spacial score (nSPS) is 11.8. The Labute approximate surface area is 353 Å². The number of phenols is 1. The second-order valence-electron chi connectivity index (χ2n) is 17.3. The zero-order valence-corrected chi connectivity index (χ0v) is 34.8. The van der Waals surface area contributed by atoms with Crippen LogP contribution in [0.2, 0.25) is 0 Å². The number of hydrogen-bond acceptors (Lipinski definition) is 3. The Hall–Kier alpha value is -7.10. The molecule has 0 aliphatic heterocycles. The molecule has 2 heterocycles. The third-order valence-corrected chi connectivity index (χ3v) is 11.9. The second-order valence-corrected chi connectivity index (χ2v) is 17.3. The summed E-state index contributed by atoms with van der Waals surface area (Å²) in [6.07, 6.45) is 2.07. The Bertz CT molecular complexity index is 2980. The van der Waals surface area contributed by atoms with Gasteiger partial charge < -0.3 is 5.11 Å². The van der Waals surface area contributed by atoms with Gasteiger partial charge in [-0.3, -0.25) is 4.98 Å². The lowest BCUT2D eigenvalue weighted by Gasteiger charge is -2.29. The van der Waals surface area contributed by atoms with Gasteiger partial charge in [0, 0.05) is 28.3 Å². The molecule has 60 heavy (non-hydrogen) atoms. The van der Waals surface area contributed by atoms with Crippen LogP contribution in [0.3, 0.4) is 0 Å². The molecule has 0 unspecified atom stereocenters. The standard InChI is InChI=1S/C57H48N2O/c1-56(2,3)46-28-29-49(55(60)35-46)54-34-42(48-27-17-23-39-22-15-16-26-47(39)48)33-53(59-54)44-31-41(38-18-9-6-10-19-38)30-43(32-44)52-36-50(40-20-11-7-12-21-40)51(37-58-52)57(4,5)45-24-13-8-14-25-45/h6-37,60H,1-5H3. The van der Waals surface area contributed by atoms with E-state index in [9.17, 15) is 5.11 Å². The molecule has 0 aliphatic rings. The molecule has 3 heteroatoms. The van der Waals surface area contributed by atoms with Crippen molar-refractivity contribution in [2.24, 2.45) is 0 Å². The van der Waals surface area contributed by atoms with Gasteiger partial charge in [0.1, 0.15) is 5.75 Å². The highest BCUT2D eigenvalue weighted by atomic mass is 16.3. The van der Waals surface area contributed by atoms with E-state index in [0.29, 0.717) is 11.3 Å². The largest absolute Gasteiger partial charge is 0.507 e. The molecule has 0 saturated carbocycles. The van der Waals surface area contributed by atoms with E-state index in [1.165, 1.54) is 10.9 Å². The third-order valence-electron chi connectivity index (χ3n) is 11.9. The van der Waals surface area contributed by atoms with Gasteiger partial charge in [-0.15, -0.1) is 0 Å². The summed E-state index contributed by atoms with van der Waals surface area (Å²) >= 11 is 0. The Kier molecular flexibility index (Phi) is 9.98. The Morgan fingerprint density at radius 2 is 1.00 bits per heavy atom. The van der Waals surface area contributed by atoms with E-state index in [2.05, 4.69) is 211 Å². The molecular formula is C57H48N2O. The lowest BCUT2D eigenvalue weighted by Crippen LogP contribution is -2.20. The summed E-state index contributed by atoms with van der Waals surface area (Å²) in [6, 6.07) is 66.0. The van der Waals surface area contributed by atoms with Gasteiger partial charge >= 0.3 is 0 Å². The minimum Gasteiger partial charge on any atom is -0.507 e. The first-order valence-corrected chi connectivity index (χ1v) is 20.7. The summed E-state index contributed by atoms with van der Waals surface area (Å²) in [5.41, 5.74) is 14.7. The molecular weight excluding hydrogens is 729 g/mol. The van der Waals surface area contributed by atoms with E-state index < -0.39 is 0 Å². The monoisotopic (exact) mass is 776 g/mol. The van der Waals surface area contributed by atoms with E-state index in [1.807, 2.05) is 18.2 Å². The number of aromatic hydroxyl groups is 1. The molecule has 1 N–H and O–H groups in total. The van der Waals surface area contributed by atoms with Crippen LogP contribution in [0.4, 0.5) is 0 Å². The summed E-state index contributed by atoms with van der Waals surface area (Å²) in [4.78, 5) is 10.6. The van der Waals surface area contributed by atoms with E-state index in [4.69, 9.17) is 9.97 Å². The van der Waals surface area contributed by atoms with Crippen molar-refractivity contribution in [1.29, 1.82) is 0 Å². The summed E-state index contributed by atoms with van der Waals surface area (Å²) < 4.78 is 0. The number of rotatable bonds is 8. The fourth-order valence-corrected chi connectivity index (χ4v) is 8.36. The minimum absolute atomic E-state index is 0.113. The number of benzene rings is 7. The maximum atomic E-state index is 11.6. The molecule has 3 nitrogen and oxygen atoms in total. The van der Waals surface area contributed by atoms with Crippen LogP contribution < -0.4 is 0 Å². The Morgan fingerprint density at radius 1 is 0.400 bits per heavy atom. The smallest absolute Gasteiger partial charge is 0.125 e. The first-order chi connectivity index (χ1) is 29.0. The highest BCUT2D eigenvalue weighted by Gasteiger charge is 2.28. The van der Waals surface area contributed by atoms with Gasteiger partial charge in [-0.25, -0.2) is 4.98 Å². The van der Waals surface area contributed by atoms with E-state index >= 15 is 0 Å². The minimum atomic E-state index is -0.298. The fourth-order valence-electron chi connectivity index (χ4n) is 8.36. The van der Waals surface area contributed by atoms with Crippen molar-refractivity contribution in [3.8, 4) is 72.9 Å². The summed E-state index contributed by atoms with van der Waals surface area (Å²) in [7, 11) is 0. The fraction of sp³-hybridized carbons (Fsp3) is 0.123.